The van der Waals surface area contributed by atoms with Gasteiger partial charge in [0, 0.05) is 0 Å². The molecule has 0 aliphatic rings. The minimum atomic E-state index is -0.0723. The Labute approximate surface area is 147 Å². The van der Waals surface area contributed by atoms with Crippen LogP contribution in [0.3, 0.4) is 0 Å². The molecule has 0 N–H and O–H groups in total. The second-order valence-corrected chi connectivity index (χ2v) is 5.41. The van der Waals surface area contributed by atoms with Gasteiger partial charge in [-0.25, -0.2) is 19.9 Å². The molecular weight excluding hydrogens is 326 g/mol. The number of nitriles is 3. The molecule has 7 heteroatoms. The first-order valence-electron chi connectivity index (χ1n) is 7.52. The van der Waals surface area contributed by atoms with Gasteiger partial charge in [-0.3, -0.25) is 0 Å². The summed E-state index contributed by atoms with van der Waals surface area (Å²) in [7, 11) is 0. The Morgan fingerprint density at radius 2 is 1.15 bits per heavy atom. The number of nitrogens with zero attached hydrogens (tertiary/aromatic N) is 7. The molecule has 7 nitrogen and oxygen atoms in total. The Balaban J connectivity index is 1.90. The molecule has 0 atom stereocenters. The van der Waals surface area contributed by atoms with Crippen LogP contribution < -0.4 is 0 Å². The molecule has 0 unspecified atom stereocenters. The third-order valence-corrected chi connectivity index (χ3v) is 3.85. The zero-order valence-electron chi connectivity index (χ0n) is 13.2. The van der Waals surface area contributed by atoms with Crippen LogP contribution in [0, 0.1) is 34.0 Å². The van der Waals surface area contributed by atoms with E-state index >= 15 is 0 Å². The van der Waals surface area contributed by atoms with E-state index in [0.29, 0.717) is 16.6 Å². The average molecular weight is 333 g/mol. The van der Waals surface area contributed by atoms with Crippen LogP contribution in [0.15, 0.2) is 42.5 Å². The van der Waals surface area contributed by atoms with Gasteiger partial charge in [0.25, 0.3) is 0 Å². The summed E-state index contributed by atoms with van der Waals surface area (Å²) in [4.78, 5) is 17.0. The summed E-state index contributed by atoms with van der Waals surface area (Å²) < 4.78 is 0. The maximum atomic E-state index is 9.08. The first-order valence-corrected chi connectivity index (χ1v) is 7.52. The van der Waals surface area contributed by atoms with Gasteiger partial charge in [-0.2, -0.15) is 15.8 Å². The summed E-state index contributed by atoms with van der Waals surface area (Å²) in [6.45, 7) is 0. The van der Waals surface area contributed by atoms with Crippen LogP contribution >= 0.6 is 0 Å². The lowest BCUT2D eigenvalue weighted by Crippen LogP contribution is -2.00. The molecule has 2 heterocycles. The molecule has 118 valence electrons. The number of aromatic nitrogens is 4. The van der Waals surface area contributed by atoms with Crippen LogP contribution in [0.4, 0.5) is 0 Å². The minimum absolute atomic E-state index is 0.0668. The van der Waals surface area contributed by atoms with Crippen LogP contribution in [0.1, 0.15) is 17.0 Å². The van der Waals surface area contributed by atoms with Gasteiger partial charge in [0.15, 0.2) is 22.7 Å². The van der Waals surface area contributed by atoms with Crippen molar-refractivity contribution in [3.8, 4) is 29.3 Å². The van der Waals surface area contributed by atoms with Gasteiger partial charge >= 0.3 is 0 Å². The molecule has 2 aromatic carbocycles. The molecule has 4 rings (SSSR count). The molecule has 0 saturated heterocycles. The van der Waals surface area contributed by atoms with Crippen molar-refractivity contribution < 1.29 is 0 Å². The summed E-state index contributed by atoms with van der Waals surface area (Å²) >= 11 is 0. The van der Waals surface area contributed by atoms with Gasteiger partial charge in [-0.05, 0) is 35.4 Å². The maximum absolute atomic E-state index is 9.08. The van der Waals surface area contributed by atoms with Crippen molar-refractivity contribution in [3.05, 3.63) is 59.4 Å². The monoisotopic (exact) mass is 333 g/mol. The first kappa shape index (κ1) is 15.1. The molecule has 0 spiro atoms. The summed E-state index contributed by atoms with van der Waals surface area (Å²) in [6, 6.07) is 18.6. The largest absolute Gasteiger partial charge is 0.224 e. The first-order chi connectivity index (χ1) is 12.7. The van der Waals surface area contributed by atoms with Crippen LogP contribution in [0.5, 0.6) is 0 Å². The second kappa shape index (κ2) is 5.90. The predicted octanol–water partition coefficient (Wildman–Crippen LogP) is 2.86. The topological polar surface area (TPSA) is 123 Å². The molecule has 0 aliphatic carbocycles. The second-order valence-electron chi connectivity index (χ2n) is 5.41. The molecule has 0 aliphatic heterocycles. The van der Waals surface area contributed by atoms with E-state index in [1.54, 1.807) is 18.2 Å². The smallest absolute Gasteiger partial charge is 0.199 e. The zero-order valence-corrected chi connectivity index (χ0v) is 13.2. The van der Waals surface area contributed by atoms with E-state index in [1.165, 1.54) is 0 Å². The van der Waals surface area contributed by atoms with Gasteiger partial charge in [0.1, 0.15) is 12.1 Å². The maximum Gasteiger partial charge on any atom is 0.199 e. The van der Waals surface area contributed by atoms with E-state index in [-0.39, 0.29) is 22.7 Å². The van der Waals surface area contributed by atoms with E-state index in [9.17, 15) is 0 Å². The van der Waals surface area contributed by atoms with E-state index in [4.69, 9.17) is 15.8 Å². The van der Waals surface area contributed by atoms with Crippen molar-refractivity contribution in [1.29, 1.82) is 15.8 Å². The molecule has 0 fully saturated rings. The van der Waals surface area contributed by atoms with E-state index in [2.05, 4.69) is 26.0 Å². The highest BCUT2D eigenvalue weighted by Gasteiger charge is 2.11. The van der Waals surface area contributed by atoms with Gasteiger partial charge in [-0.15, -0.1) is 0 Å². The molecule has 2 aromatic heterocycles. The van der Waals surface area contributed by atoms with Crippen molar-refractivity contribution in [2.75, 3.05) is 0 Å². The van der Waals surface area contributed by atoms with Gasteiger partial charge < -0.3 is 0 Å². The average Bonchev–Trinajstić information content (AvgIpc) is 2.70. The van der Waals surface area contributed by atoms with E-state index in [1.807, 2.05) is 36.4 Å². The highest BCUT2D eigenvalue weighted by molar-refractivity contribution is 5.86. The molecule has 0 saturated carbocycles. The normalized spacial score (nSPS) is 10.2. The number of fused-ring (bicyclic) bond motifs is 2. The van der Waals surface area contributed by atoms with Crippen molar-refractivity contribution in [2.45, 2.75) is 0 Å². The van der Waals surface area contributed by atoms with Crippen molar-refractivity contribution in [2.24, 2.45) is 0 Å². The van der Waals surface area contributed by atoms with Crippen molar-refractivity contribution in [1.82, 2.24) is 19.9 Å². The summed E-state index contributed by atoms with van der Waals surface area (Å²) in [5, 5.41) is 27.0. The van der Waals surface area contributed by atoms with Crippen LogP contribution in [0.2, 0.25) is 0 Å². The number of benzene rings is 2. The third kappa shape index (κ3) is 2.45. The Morgan fingerprint density at radius 3 is 1.73 bits per heavy atom. The fourth-order valence-corrected chi connectivity index (χ4v) is 2.58. The van der Waals surface area contributed by atoms with E-state index < -0.39 is 0 Å². The van der Waals surface area contributed by atoms with Gasteiger partial charge in [0.05, 0.1) is 22.7 Å². The third-order valence-electron chi connectivity index (χ3n) is 3.85. The zero-order chi connectivity index (χ0) is 18.1. The lowest BCUT2D eigenvalue weighted by atomic mass is 10.0. The van der Waals surface area contributed by atoms with Crippen LogP contribution in [0.25, 0.3) is 33.5 Å². The van der Waals surface area contributed by atoms with Crippen LogP contribution in [-0.4, -0.2) is 19.9 Å². The highest BCUT2D eigenvalue weighted by atomic mass is 15.0. The van der Waals surface area contributed by atoms with Gasteiger partial charge in [-0.1, -0.05) is 18.2 Å². The fraction of sp³-hybridized carbons (Fsp3) is 0. The SMILES string of the molecule is N#Cc1ccc(-c2ccc3nc4nc(C#N)c(C#N)nc4nc3c2)cc1. The Bertz CT molecular complexity index is 1300. The van der Waals surface area contributed by atoms with Crippen molar-refractivity contribution >= 4 is 22.3 Å². The Morgan fingerprint density at radius 1 is 0.577 bits per heavy atom. The number of rotatable bonds is 1. The molecule has 0 bridgehead atoms. The summed E-state index contributed by atoms with van der Waals surface area (Å²) in [5.41, 5.74) is 3.95. The predicted molar refractivity (Wildman–Crippen MR) is 92.2 cm³/mol. The minimum Gasteiger partial charge on any atom is -0.224 e. The number of hydrogen-bond acceptors (Lipinski definition) is 7. The van der Waals surface area contributed by atoms with E-state index in [0.717, 1.165) is 11.1 Å². The fourth-order valence-electron chi connectivity index (χ4n) is 2.58. The number of hydrogen-bond donors (Lipinski definition) is 0. The Hall–Kier alpha value is -4.41. The molecular formula is C19H7N7. The Kier molecular flexibility index (Phi) is 3.44. The van der Waals surface area contributed by atoms with Crippen LogP contribution in [-0.2, 0) is 0 Å². The summed E-state index contributed by atoms with van der Waals surface area (Å²) in [5.74, 6) is 0. The summed E-state index contributed by atoms with van der Waals surface area (Å²) in [6.07, 6.45) is 0. The molecule has 0 radical (unpaired) electrons. The molecule has 26 heavy (non-hydrogen) atoms. The quantitative estimate of drug-likeness (QED) is 0.490. The molecule has 4 aromatic rings. The van der Waals surface area contributed by atoms with Crippen molar-refractivity contribution in [3.63, 3.8) is 0 Å². The molecule has 0 amide bonds. The van der Waals surface area contributed by atoms with Gasteiger partial charge in [0.2, 0.25) is 0 Å². The lowest BCUT2D eigenvalue weighted by molar-refractivity contribution is 1.14. The highest BCUT2D eigenvalue weighted by Crippen LogP contribution is 2.24. The lowest BCUT2D eigenvalue weighted by Gasteiger charge is -2.05. The standard InChI is InChI=1S/C19H7N7/c20-8-11-1-3-12(4-2-11)13-5-6-14-15(7-13)24-19-18(23-14)25-16(9-21)17(10-22)26-19/h1-7H.